The molecule has 1 aliphatic heterocycles. The highest BCUT2D eigenvalue weighted by Gasteiger charge is 2.54. The minimum Gasteiger partial charge on any atom is -0.388 e. The highest BCUT2D eigenvalue weighted by atomic mass is 32.2. The molecule has 1 saturated heterocycles. The summed E-state index contributed by atoms with van der Waals surface area (Å²) in [5.74, 6) is -3.11. The van der Waals surface area contributed by atoms with Crippen molar-refractivity contribution in [2.24, 2.45) is 5.14 Å². The molecule has 2 aliphatic rings. The molecule has 22 heavy (non-hydrogen) atoms. The van der Waals surface area contributed by atoms with Crippen LogP contribution < -0.4 is 5.14 Å². The van der Waals surface area contributed by atoms with Crippen molar-refractivity contribution >= 4 is 10.3 Å². The predicted molar refractivity (Wildman–Crippen MR) is 73.2 cm³/mol. The second-order valence-electron chi connectivity index (χ2n) is 5.58. The van der Waals surface area contributed by atoms with Crippen LogP contribution >= 0.6 is 0 Å². The van der Waals surface area contributed by atoms with Gasteiger partial charge in [0.15, 0.2) is 5.76 Å². The molecule has 9 nitrogen and oxygen atoms in total. The van der Waals surface area contributed by atoms with Gasteiger partial charge in [-0.2, -0.15) is 13.6 Å². The van der Waals surface area contributed by atoms with Gasteiger partial charge in [-0.3, -0.25) is 0 Å². The molecule has 0 aromatic carbocycles. The van der Waals surface area contributed by atoms with E-state index in [1.54, 1.807) is 0 Å². The zero-order valence-corrected chi connectivity index (χ0v) is 12.7. The van der Waals surface area contributed by atoms with E-state index in [2.05, 4.69) is 4.18 Å². The van der Waals surface area contributed by atoms with E-state index in [0.717, 1.165) is 19.3 Å². The van der Waals surface area contributed by atoms with Crippen LogP contribution in [0.3, 0.4) is 0 Å². The maximum Gasteiger partial charge on any atom is 0.379 e. The fourth-order valence-corrected chi connectivity index (χ4v) is 3.20. The Morgan fingerprint density at radius 2 is 1.82 bits per heavy atom. The summed E-state index contributed by atoms with van der Waals surface area (Å²) in [5.41, 5.74) is 0.449. The SMILES string of the molecule is NS(=O)(=O)OC(=C1CCCCC1)[C@@]1(O)OC[C@@H](O)[C@@H](O)[C@@H]1O. The van der Waals surface area contributed by atoms with Crippen molar-refractivity contribution in [2.75, 3.05) is 6.61 Å². The van der Waals surface area contributed by atoms with Gasteiger partial charge >= 0.3 is 10.3 Å². The molecule has 0 unspecified atom stereocenters. The zero-order valence-electron chi connectivity index (χ0n) is 11.9. The lowest BCUT2D eigenvalue weighted by atomic mass is 9.88. The Bertz CT molecular complexity index is 539. The Hall–Kier alpha value is -0.750. The second kappa shape index (κ2) is 6.40. The number of aliphatic hydroxyl groups excluding tert-OH is 3. The fraction of sp³-hybridized carbons (Fsp3) is 0.833. The molecule has 2 rings (SSSR count). The lowest BCUT2D eigenvalue weighted by molar-refractivity contribution is -0.311. The lowest BCUT2D eigenvalue weighted by Gasteiger charge is -2.42. The van der Waals surface area contributed by atoms with Crippen LogP contribution in [0, 0.1) is 0 Å². The Kier molecular flexibility index (Phi) is 5.12. The quantitative estimate of drug-likeness (QED) is 0.377. The molecule has 128 valence electrons. The molecule has 1 heterocycles. The van der Waals surface area contributed by atoms with Crippen molar-refractivity contribution in [1.29, 1.82) is 0 Å². The lowest BCUT2D eigenvalue weighted by Crippen LogP contribution is -2.62. The molecule has 0 radical (unpaired) electrons. The van der Waals surface area contributed by atoms with E-state index in [1.807, 2.05) is 0 Å². The van der Waals surface area contributed by atoms with Crippen molar-refractivity contribution in [3.63, 3.8) is 0 Å². The first-order valence-corrected chi connectivity index (χ1v) is 8.47. The molecule has 2 fully saturated rings. The smallest absolute Gasteiger partial charge is 0.379 e. The molecule has 0 bridgehead atoms. The van der Waals surface area contributed by atoms with Crippen molar-refractivity contribution in [1.82, 2.24) is 0 Å². The standard InChI is InChI=1S/C12H21NO8S/c13-22(18,19)21-11(7-4-2-1-3-5-7)12(17)10(16)9(15)8(14)6-20-12/h8-10,14-17H,1-6H2,(H2,13,18,19)/t8-,9-,10+,12+/m1/s1. The Labute approximate surface area is 128 Å². The van der Waals surface area contributed by atoms with Crippen molar-refractivity contribution in [3.8, 4) is 0 Å². The maximum atomic E-state index is 11.3. The highest BCUT2D eigenvalue weighted by Crippen LogP contribution is 2.37. The number of nitrogens with two attached hydrogens (primary N) is 1. The topological polar surface area (TPSA) is 160 Å². The number of aliphatic hydroxyl groups is 4. The third-order valence-electron chi connectivity index (χ3n) is 3.90. The normalized spacial score (nSPS) is 37.0. The molecular weight excluding hydrogens is 318 g/mol. The van der Waals surface area contributed by atoms with E-state index in [9.17, 15) is 28.8 Å². The third-order valence-corrected chi connectivity index (χ3v) is 4.29. The summed E-state index contributed by atoms with van der Waals surface area (Å²) in [5, 5.41) is 44.6. The van der Waals surface area contributed by atoms with Gasteiger partial charge in [0.25, 0.3) is 5.79 Å². The molecular formula is C12H21NO8S. The third kappa shape index (κ3) is 3.59. The summed E-state index contributed by atoms with van der Waals surface area (Å²) in [6.45, 7) is -0.501. The Morgan fingerprint density at radius 1 is 1.23 bits per heavy atom. The van der Waals surface area contributed by atoms with Gasteiger partial charge in [-0.05, 0) is 31.3 Å². The predicted octanol–water partition coefficient (Wildman–Crippen LogP) is -1.77. The average Bonchev–Trinajstić information content (AvgIpc) is 2.47. The summed E-state index contributed by atoms with van der Waals surface area (Å²) in [6, 6.07) is 0. The molecule has 4 atom stereocenters. The number of rotatable bonds is 3. The summed E-state index contributed by atoms with van der Waals surface area (Å²) in [4.78, 5) is 0. The van der Waals surface area contributed by atoms with Crippen molar-refractivity contribution in [2.45, 2.75) is 56.2 Å². The van der Waals surface area contributed by atoms with Crippen LogP contribution in [-0.4, -0.2) is 59.5 Å². The minimum atomic E-state index is -4.47. The molecule has 0 amide bonds. The summed E-state index contributed by atoms with van der Waals surface area (Å²) < 4.78 is 32.3. The van der Waals surface area contributed by atoms with Gasteiger partial charge in [-0.25, -0.2) is 0 Å². The first-order valence-electron chi connectivity index (χ1n) is 7.00. The van der Waals surface area contributed by atoms with E-state index >= 15 is 0 Å². The summed E-state index contributed by atoms with van der Waals surface area (Å²) in [7, 11) is -4.47. The van der Waals surface area contributed by atoms with Gasteiger partial charge in [0, 0.05) is 0 Å². The molecule has 1 saturated carbocycles. The van der Waals surface area contributed by atoms with Gasteiger partial charge in [0.05, 0.1) is 6.61 Å². The summed E-state index contributed by atoms with van der Waals surface area (Å²) in [6.07, 6.45) is -1.78. The number of allylic oxidation sites excluding steroid dienone is 1. The van der Waals surface area contributed by atoms with Gasteiger partial charge in [0.2, 0.25) is 0 Å². The van der Waals surface area contributed by atoms with E-state index in [1.165, 1.54) is 0 Å². The number of hydrogen-bond acceptors (Lipinski definition) is 8. The van der Waals surface area contributed by atoms with E-state index < -0.39 is 46.8 Å². The minimum absolute atomic E-state index is 0.446. The van der Waals surface area contributed by atoms with Gasteiger partial charge in [-0.1, -0.05) is 6.42 Å². The Morgan fingerprint density at radius 3 is 2.36 bits per heavy atom. The zero-order chi connectivity index (χ0) is 16.5. The van der Waals surface area contributed by atoms with E-state index in [-0.39, 0.29) is 0 Å². The van der Waals surface area contributed by atoms with E-state index in [4.69, 9.17) is 9.88 Å². The largest absolute Gasteiger partial charge is 0.388 e. The molecule has 10 heteroatoms. The van der Waals surface area contributed by atoms with Crippen LogP contribution in [0.15, 0.2) is 11.3 Å². The average molecular weight is 339 g/mol. The van der Waals surface area contributed by atoms with Crippen LogP contribution in [0.4, 0.5) is 0 Å². The maximum absolute atomic E-state index is 11.3. The van der Waals surface area contributed by atoms with Gasteiger partial charge in [0.1, 0.15) is 18.3 Å². The molecule has 0 spiro atoms. The monoisotopic (exact) mass is 339 g/mol. The van der Waals surface area contributed by atoms with Crippen LogP contribution in [0.1, 0.15) is 32.1 Å². The first-order chi connectivity index (χ1) is 10.1. The fourth-order valence-electron chi connectivity index (χ4n) is 2.73. The van der Waals surface area contributed by atoms with Crippen molar-refractivity contribution < 1.29 is 37.8 Å². The van der Waals surface area contributed by atoms with Gasteiger partial charge in [-0.15, -0.1) is 0 Å². The molecule has 6 N–H and O–H groups in total. The summed E-state index contributed by atoms with van der Waals surface area (Å²) >= 11 is 0. The van der Waals surface area contributed by atoms with Crippen LogP contribution in [-0.2, 0) is 19.2 Å². The van der Waals surface area contributed by atoms with Crippen molar-refractivity contribution in [3.05, 3.63) is 11.3 Å². The highest BCUT2D eigenvalue weighted by molar-refractivity contribution is 7.84. The van der Waals surface area contributed by atoms with Gasteiger partial charge < -0.3 is 29.3 Å². The van der Waals surface area contributed by atoms with Crippen LogP contribution in [0.5, 0.6) is 0 Å². The van der Waals surface area contributed by atoms with E-state index in [0.29, 0.717) is 18.4 Å². The van der Waals surface area contributed by atoms with Crippen LogP contribution in [0.25, 0.3) is 0 Å². The second-order valence-corrected chi connectivity index (χ2v) is 6.73. The Balaban J connectivity index is 2.43. The number of ether oxygens (including phenoxy) is 1. The first kappa shape index (κ1) is 17.6. The number of hydrogen-bond donors (Lipinski definition) is 5. The van der Waals surface area contributed by atoms with Crippen LogP contribution in [0.2, 0.25) is 0 Å². The molecule has 1 aliphatic carbocycles. The molecule has 0 aromatic rings. The molecule has 0 aromatic heterocycles.